The summed E-state index contributed by atoms with van der Waals surface area (Å²) >= 11 is 3.31. The Morgan fingerprint density at radius 3 is 2.32 bits per heavy atom. The maximum atomic E-state index is 12.9. The summed E-state index contributed by atoms with van der Waals surface area (Å²) in [4.78, 5) is 11.4. The highest BCUT2D eigenvalue weighted by Gasteiger charge is 2.31. The summed E-state index contributed by atoms with van der Waals surface area (Å²) in [7, 11) is 0. The van der Waals surface area contributed by atoms with Crippen LogP contribution in [-0.2, 0) is 6.18 Å². The molecule has 0 aliphatic rings. The molecule has 0 unspecified atom stereocenters. The van der Waals surface area contributed by atoms with Gasteiger partial charge < -0.3 is 5.11 Å². The van der Waals surface area contributed by atoms with Crippen LogP contribution in [0.4, 0.5) is 13.2 Å². The molecule has 3 aromatic carbocycles. The molecule has 3 aromatic rings. The molecule has 0 aliphatic heterocycles. The van der Waals surface area contributed by atoms with Gasteiger partial charge in [-0.05, 0) is 45.8 Å². The maximum absolute atomic E-state index is 12.9. The molecule has 0 aromatic heterocycles. The molecule has 0 aliphatic carbocycles. The highest BCUT2D eigenvalue weighted by Crippen LogP contribution is 2.37. The number of carboxylic acid groups (broad SMARTS) is 1. The van der Waals surface area contributed by atoms with Crippen molar-refractivity contribution in [3.05, 3.63) is 58.1 Å². The Balaban J connectivity index is 2.52. The molecule has 0 spiro atoms. The van der Waals surface area contributed by atoms with Crippen molar-refractivity contribution in [1.82, 2.24) is 0 Å². The van der Waals surface area contributed by atoms with Crippen molar-refractivity contribution >= 4 is 43.4 Å². The summed E-state index contributed by atoms with van der Waals surface area (Å²) < 4.78 is 39.4. The van der Waals surface area contributed by atoms with E-state index in [0.717, 1.165) is 12.1 Å². The highest BCUT2D eigenvalue weighted by molar-refractivity contribution is 9.10. The van der Waals surface area contributed by atoms with Gasteiger partial charge >= 0.3 is 12.1 Å². The van der Waals surface area contributed by atoms with E-state index in [0.29, 0.717) is 15.2 Å². The third-order valence-electron chi connectivity index (χ3n) is 3.50. The first-order valence-corrected chi connectivity index (χ1v) is 7.04. The van der Waals surface area contributed by atoms with Gasteiger partial charge in [0.25, 0.3) is 0 Å². The van der Waals surface area contributed by atoms with Gasteiger partial charge in [-0.2, -0.15) is 13.2 Å². The van der Waals surface area contributed by atoms with E-state index in [1.165, 1.54) is 12.1 Å². The molecule has 0 heterocycles. The number of fused-ring (bicyclic) bond motifs is 3. The van der Waals surface area contributed by atoms with Gasteiger partial charge in [0.05, 0.1) is 11.1 Å². The molecule has 2 nitrogen and oxygen atoms in total. The number of carbonyl (C=O) groups is 1. The Morgan fingerprint density at radius 2 is 1.68 bits per heavy atom. The number of hydrogen-bond acceptors (Lipinski definition) is 1. The fourth-order valence-electron chi connectivity index (χ4n) is 2.50. The van der Waals surface area contributed by atoms with Gasteiger partial charge in [0, 0.05) is 4.47 Å². The average Bonchev–Trinajstić information content (AvgIpc) is 2.45. The van der Waals surface area contributed by atoms with Gasteiger partial charge in [-0.15, -0.1) is 0 Å². The molecular weight excluding hydrogens is 361 g/mol. The second-order valence-electron chi connectivity index (χ2n) is 4.82. The number of carboxylic acids is 1. The minimum atomic E-state index is -4.48. The SMILES string of the molecule is O=C(O)c1cc2c(Br)cccc2c2cc(C(F)(F)F)ccc12. The van der Waals surface area contributed by atoms with Crippen molar-refractivity contribution in [2.75, 3.05) is 0 Å². The Kier molecular flexibility index (Phi) is 3.36. The Morgan fingerprint density at radius 1 is 0.955 bits per heavy atom. The first kappa shape index (κ1) is 14.8. The second kappa shape index (κ2) is 4.98. The molecule has 0 saturated carbocycles. The largest absolute Gasteiger partial charge is 0.478 e. The van der Waals surface area contributed by atoms with E-state index >= 15 is 0 Å². The van der Waals surface area contributed by atoms with E-state index in [1.54, 1.807) is 18.2 Å². The zero-order chi connectivity index (χ0) is 16.1. The molecule has 112 valence electrons. The minimum absolute atomic E-state index is 0.0249. The zero-order valence-electron chi connectivity index (χ0n) is 10.9. The number of aromatic carboxylic acids is 1. The Hall–Kier alpha value is -2.08. The third-order valence-corrected chi connectivity index (χ3v) is 4.19. The average molecular weight is 369 g/mol. The number of benzene rings is 3. The van der Waals surface area contributed by atoms with Gasteiger partial charge in [0.2, 0.25) is 0 Å². The van der Waals surface area contributed by atoms with Gasteiger partial charge in [-0.25, -0.2) is 4.79 Å². The topological polar surface area (TPSA) is 37.3 Å². The smallest absolute Gasteiger partial charge is 0.416 e. The van der Waals surface area contributed by atoms with Crippen molar-refractivity contribution < 1.29 is 23.1 Å². The lowest BCUT2D eigenvalue weighted by atomic mass is 9.95. The van der Waals surface area contributed by atoms with E-state index in [4.69, 9.17) is 0 Å². The van der Waals surface area contributed by atoms with Gasteiger partial charge in [0.1, 0.15) is 0 Å². The summed E-state index contributed by atoms with van der Waals surface area (Å²) in [5.74, 6) is -1.18. The predicted octanol–water partition coefficient (Wildman–Crippen LogP) is 5.47. The second-order valence-corrected chi connectivity index (χ2v) is 5.68. The van der Waals surface area contributed by atoms with E-state index in [2.05, 4.69) is 15.9 Å². The van der Waals surface area contributed by atoms with Gasteiger partial charge in [-0.3, -0.25) is 0 Å². The van der Waals surface area contributed by atoms with Crippen LogP contribution in [0.3, 0.4) is 0 Å². The summed E-state index contributed by atoms with van der Waals surface area (Å²) in [5, 5.41) is 11.0. The Labute approximate surface area is 131 Å². The molecule has 0 saturated heterocycles. The monoisotopic (exact) mass is 368 g/mol. The Bertz CT molecular complexity index is 917. The van der Waals surface area contributed by atoms with Crippen molar-refractivity contribution in [2.45, 2.75) is 6.18 Å². The van der Waals surface area contributed by atoms with Crippen molar-refractivity contribution in [3.8, 4) is 0 Å². The number of alkyl halides is 3. The standard InChI is InChI=1S/C16H8BrF3O2/c17-14-3-1-2-9-11-6-8(16(18,19)20)4-5-10(11)13(15(21)22)7-12(9)14/h1-7H,(H,21,22). The molecule has 6 heteroatoms. The summed E-state index contributed by atoms with van der Waals surface area (Å²) in [5.41, 5.74) is -0.827. The lowest BCUT2D eigenvalue weighted by Crippen LogP contribution is -2.05. The maximum Gasteiger partial charge on any atom is 0.416 e. The van der Waals surface area contributed by atoms with Crippen LogP contribution in [0.15, 0.2) is 46.9 Å². The van der Waals surface area contributed by atoms with Crippen LogP contribution in [0.25, 0.3) is 21.5 Å². The molecule has 0 bridgehead atoms. The van der Waals surface area contributed by atoms with Crippen molar-refractivity contribution in [2.24, 2.45) is 0 Å². The molecule has 22 heavy (non-hydrogen) atoms. The number of hydrogen-bond donors (Lipinski definition) is 1. The van der Waals surface area contributed by atoms with Crippen molar-refractivity contribution in [1.29, 1.82) is 0 Å². The fourth-order valence-corrected chi connectivity index (χ4v) is 2.98. The van der Waals surface area contributed by atoms with Gasteiger partial charge in [-0.1, -0.05) is 34.1 Å². The van der Waals surface area contributed by atoms with Crippen molar-refractivity contribution in [3.63, 3.8) is 0 Å². The molecule has 1 N–H and O–H groups in total. The lowest BCUT2D eigenvalue weighted by molar-refractivity contribution is -0.137. The molecule has 3 rings (SSSR count). The summed E-state index contributed by atoms with van der Waals surface area (Å²) in [6.07, 6.45) is -4.48. The van der Waals surface area contributed by atoms with E-state index in [1.807, 2.05) is 0 Å². The van der Waals surface area contributed by atoms with E-state index < -0.39 is 17.7 Å². The molecule has 0 radical (unpaired) electrons. The summed E-state index contributed by atoms with van der Waals surface area (Å²) in [6.45, 7) is 0. The van der Waals surface area contributed by atoms with Crippen LogP contribution in [0.5, 0.6) is 0 Å². The zero-order valence-corrected chi connectivity index (χ0v) is 12.5. The number of halogens is 4. The van der Waals surface area contributed by atoms with Crippen LogP contribution >= 0.6 is 15.9 Å². The highest BCUT2D eigenvalue weighted by atomic mass is 79.9. The van der Waals surface area contributed by atoms with Crippen LogP contribution < -0.4 is 0 Å². The van der Waals surface area contributed by atoms with E-state index in [9.17, 15) is 23.1 Å². The number of rotatable bonds is 1. The first-order valence-electron chi connectivity index (χ1n) is 6.24. The van der Waals surface area contributed by atoms with Crippen LogP contribution in [0, 0.1) is 0 Å². The van der Waals surface area contributed by atoms with Crippen LogP contribution in [0.2, 0.25) is 0 Å². The minimum Gasteiger partial charge on any atom is -0.478 e. The first-order chi connectivity index (χ1) is 10.3. The fraction of sp³-hybridized carbons (Fsp3) is 0.0625. The molecule has 0 amide bonds. The van der Waals surface area contributed by atoms with Gasteiger partial charge in [0.15, 0.2) is 0 Å². The third kappa shape index (κ3) is 2.33. The summed E-state index contributed by atoms with van der Waals surface area (Å²) in [6, 6.07) is 9.67. The quantitative estimate of drug-likeness (QED) is 0.578. The normalized spacial score (nSPS) is 12.0. The molecule has 0 fully saturated rings. The predicted molar refractivity (Wildman–Crippen MR) is 81.1 cm³/mol. The van der Waals surface area contributed by atoms with Crippen LogP contribution in [0.1, 0.15) is 15.9 Å². The molecular formula is C16H8BrF3O2. The van der Waals surface area contributed by atoms with E-state index in [-0.39, 0.29) is 16.3 Å². The van der Waals surface area contributed by atoms with Crippen LogP contribution in [-0.4, -0.2) is 11.1 Å². The lowest BCUT2D eigenvalue weighted by Gasteiger charge is -2.12. The molecule has 0 atom stereocenters.